The summed E-state index contributed by atoms with van der Waals surface area (Å²) in [5, 5.41) is 3.66. The molecule has 7 nitrogen and oxygen atoms in total. The lowest BCUT2D eigenvalue weighted by Gasteiger charge is -2.20. The first-order chi connectivity index (χ1) is 17.2. The molecule has 0 unspecified atom stereocenters. The highest BCUT2D eigenvalue weighted by Crippen LogP contribution is 2.26. The summed E-state index contributed by atoms with van der Waals surface area (Å²) >= 11 is 11.4. The summed E-state index contributed by atoms with van der Waals surface area (Å²) in [5.74, 6) is -1.29. The number of aromatic nitrogens is 2. The molecule has 0 saturated heterocycles. The molecule has 4 rings (SSSR count). The Hall–Kier alpha value is -2.91. The third-order valence-electron chi connectivity index (χ3n) is 5.25. The fourth-order valence-corrected chi connectivity index (χ4v) is 3.83. The van der Waals surface area contributed by atoms with Crippen molar-refractivity contribution < 1.29 is 23.1 Å². The van der Waals surface area contributed by atoms with Gasteiger partial charge in [0.2, 0.25) is 5.91 Å². The van der Waals surface area contributed by atoms with Gasteiger partial charge >= 0.3 is 0 Å². The first-order valence-corrected chi connectivity index (χ1v) is 12.5. The van der Waals surface area contributed by atoms with Crippen LogP contribution in [0.15, 0.2) is 30.3 Å². The Kier molecular flexibility index (Phi) is 11.9. The van der Waals surface area contributed by atoms with Gasteiger partial charge in [-0.2, -0.15) is 0 Å². The number of aromatic amines is 1. The number of nitrogens with two attached hydrogens (primary N) is 1. The van der Waals surface area contributed by atoms with E-state index < -0.39 is 17.5 Å². The van der Waals surface area contributed by atoms with Crippen LogP contribution in [0.2, 0.25) is 10.0 Å². The van der Waals surface area contributed by atoms with E-state index >= 15 is 0 Å². The zero-order valence-corrected chi connectivity index (χ0v) is 21.7. The minimum absolute atomic E-state index is 0.0347. The second kappa shape index (κ2) is 14.6. The molecule has 1 aliphatic carbocycles. The van der Waals surface area contributed by atoms with Crippen molar-refractivity contribution in [2.75, 3.05) is 6.61 Å². The number of hydrogen-bond acceptors (Lipinski definition) is 4. The molecular formula is C25H30Cl2F2N4O3. The Morgan fingerprint density at radius 3 is 2.39 bits per heavy atom. The number of hydrogen-bond donors (Lipinski definition) is 3. The van der Waals surface area contributed by atoms with Crippen LogP contribution in [0.4, 0.5) is 8.78 Å². The number of primary amides is 1. The van der Waals surface area contributed by atoms with Gasteiger partial charge in [0.05, 0.1) is 27.6 Å². The van der Waals surface area contributed by atoms with E-state index in [1.807, 2.05) is 13.8 Å². The standard InChI is InChI=1S/C15H17F2N3O.C8H7Cl2NO2.C2H6/c16-10-6-12-13(7-11(10)17)20-14(19-12)8-18-15(21)9-4-2-1-3-5-9;9-6-2-1-5(3-7(6)10)13-4-8(11)12;1-2/h6-7,9H,1-5,8H2,(H,18,21)(H,19,20);1-3H,4H2,(H2,11,12);1-2H3. The summed E-state index contributed by atoms with van der Waals surface area (Å²) < 4.78 is 31.2. The summed E-state index contributed by atoms with van der Waals surface area (Å²) in [7, 11) is 0. The smallest absolute Gasteiger partial charge is 0.255 e. The molecule has 11 heteroatoms. The van der Waals surface area contributed by atoms with E-state index in [2.05, 4.69) is 15.3 Å². The summed E-state index contributed by atoms with van der Waals surface area (Å²) in [5.41, 5.74) is 5.67. The summed E-state index contributed by atoms with van der Waals surface area (Å²) in [6.45, 7) is 4.07. The molecule has 36 heavy (non-hydrogen) atoms. The monoisotopic (exact) mass is 542 g/mol. The number of halogens is 4. The minimum Gasteiger partial charge on any atom is -0.484 e. The molecule has 3 aromatic rings. The van der Waals surface area contributed by atoms with Crippen molar-refractivity contribution in [1.82, 2.24) is 15.3 Å². The van der Waals surface area contributed by atoms with Crippen LogP contribution < -0.4 is 15.8 Å². The number of nitrogens with one attached hydrogen (secondary N) is 2. The molecule has 0 atom stereocenters. The Morgan fingerprint density at radius 1 is 1.08 bits per heavy atom. The van der Waals surface area contributed by atoms with E-state index in [1.165, 1.54) is 12.5 Å². The lowest BCUT2D eigenvalue weighted by Crippen LogP contribution is -2.31. The summed E-state index contributed by atoms with van der Waals surface area (Å²) in [6, 6.07) is 6.84. The molecule has 1 heterocycles. The number of H-pyrrole nitrogens is 1. The summed E-state index contributed by atoms with van der Waals surface area (Å²) in [6.07, 6.45) is 5.26. The Morgan fingerprint density at radius 2 is 1.75 bits per heavy atom. The van der Waals surface area contributed by atoms with Crippen LogP contribution in [0.3, 0.4) is 0 Å². The van der Waals surface area contributed by atoms with Gasteiger partial charge in [-0.25, -0.2) is 13.8 Å². The van der Waals surface area contributed by atoms with E-state index in [0.29, 0.717) is 32.7 Å². The number of fused-ring (bicyclic) bond motifs is 1. The molecule has 4 N–H and O–H groups in total. The maximum absolute atomic E-state index is 13.1. The number of carbonyl (C=O) groups excluding carboxylic acids is 2. The molecule has 2 aromatic carbocycles. The SMILES string of the molecule is CC.NC(=O)COc1ccc(Cl)c(Cl)c1.O=C(NCc1nc2cc(F)c(F)cc2[nH]1)C1CCCCC1. The topological polar surface area (TPSA) is 110 Å². The fourth-order valence-electron chi connectivity index (χ4n) is 3.54. The zero-order valence-electron chi connectivity index (χ0n) is 20.2. The third kappa shape index (κ3) is 8.95. The maximum atomic E-state index is 13.1. The van der Waals surface area contributed by atoms with Crippen LogP contribution in [0, 0.1) is 17.6 Å². The Balaban J connectivity index is 0.000000262. The van der Waals surface area contributed by atoms with Crippen LogP contribution in [0.5, 0.6) is 5.75 Å². The molecule has 1 aromatic heterocycles. The van der Waals surface area contributed by atoms with E-state index in [4.69, 9.17) is 33.7 Å². The molecule has 0 spiro atoms. The van der Waals surface area contributed by atoms with Crippen LogP contribution in [0.1, 0.15) is 51.8 Å². The van der Waals surface area contributed by atoms with E-state index in [9.17, 15) is 18.4 Å². The lowest BCUT2D eigenvalue weighted by atomic mass is 9.89. The minimum atomic E-state index is -0.924. The quantitative estimate of drug-likeness (QED) is 0.359. The van der Waals surface area contributed by atoms with Crippen molar-refractivity contribution in [3.05, 3.63) is 57.8 Å². The van der Waals surface area contributed by atoms with Gasteiger partial charge in [-0.3, -0.25) is 9.59 Å². The first-order valence-electron chi connectivity index (χ1n) is 11.7. The van der Waals surface area contributed by atoms with Crippen LogP contribution in [-0.2, 0) is 16.1 Å². The van der Waals surface area contributed by atoms with Gasteiger partial charge in [-0.1, -0.05) is 56.3 Å². The highest BCUT2D eigenvalue weighted by atomic mass is 35.5. The normalized spacial score (nSPS) is 13.2. The highest BCUT2D eigenvalue weighted by Gasteiger charge is 2.21. The third-order valence-corrected chi connectivity index (χ3v) is 5.99. The molecule has 1 saturated carbocycles. The number of ether oxygens (including phenoxy) is 1. The second-order valence-corrected chi connectivity index (χ2v) is 8.67. The van der Waals surface area contributed by atoms with Crippen molar-refractivity contribution in [1.29, 1.82) is 0 Å². The summed E-state index contributed by atoms with van der Waals surface area (Å²) in [4.78, 5) is 29.4. The average Bonchev–Trinajstić information content (AvgIpc) is 3.27. The Bertz CT molecular complexity index is 1130. The van der Waals surface area contributed by atoms with Gasteiger partial charge in [-0.15, -0.1) is 0 Å². The van der Waals surface area contributed by atoms with Gasteiger partial charge in [0.15, 0.2) is 18.2 Å². The molecule has 0 radical (unpaired) electrons. The average molecular weight is 543 g/mol. The largest absolute Gasteiger partial charge is 0.484 e. The molecule has 0 bridgehead atoms. The second-order valence-electron chi connectivity index (χ2n) is 7.85. The highest BCUT2D eigenvalue weighted by molar-refractivity contribution is 6.42. The molecule has 1 fully saturated rings. The molecular weight excluding hydrogens is 513 g/mol. The number of benzene rings is 2. The predicted octanol–water partition coefficient (Wildman–Crippen LogP) is 5.92. The van der Waals surface area contributed by atoms with Gasteiger partial charge in [0.25, 0.3) is 5.91 Å². The number of carbonyl (C=O) groups is 2. The van der Waals surface area contributed by atoms with Crippen molar-refractivity contribution in [3.63, 3.8) is 0 Å². The molecule has 196 valence electrons. The number of imidazole rings is 1. The van der Waals surface area contributed by atoms with E-state index in [-0.39, 0.29) is 25.0 Å². The van der Waals surface area contributed by atoms with Gasteiger partial charge in [-0.05, 0) is 25.0 Å². The van der Waals surface area contributed by atoms with Crippen molar-refractivity contribution in [2.45, 2.75) is 52.5 Å². The van der Waals surface area contributed by atoms with Gasteiger partial charge in [0, 0.05) is 24.1 Å². The molecule has 1 aliphatic rings. The number of amides is 2. The lowest BCUT2D eigenvalue weighted by molar-refractivity contribution is -0.126. The molecule has 2 amide bonds. The number of nitrogens with zero attached hydrogens (tertiary/aromatic N) is 1. The first kappa shape index (κ1) is 29.3. The van der Waals surface area contributed by atoms with Crippen LogP contribution in [-0.4, -0.2) is 28.4 Å². The van der Waals surface area contributed by atoms with Gasteiger partial charge in [0.1, 0.15) is 11.6 Å². The number of rotatable bonds is 6. The predicted molar refractivity (Wildman–Crippen MR) is 137 cm³/mol. The fraction of sp³-hybridized carbons (Fsp3) is 0.400. The molecule has 0 aliphatic heterocycles. The van der Waals surface area contributed by atoms with Gasteiger partial charge < -0.3 is 20.8 Å². The Labute approximate surface area is 218 Å². The van der Waals surface area contributed by atoms with Crippen LogP contribution in [0.25, 0.3) is 11.0 Å². The van der Waals surface area contributed by atoms with E-state index in [1.54, 1.807) is 12.1 Å². The zero-order chi connectivity index (χ0) is 26.7. The van der Waals surface area contributed by atoms with Crippen LogP contribution >= 0.6 is 23.2 Å². The maximum Gasteiger partial charge on any atom is 0.255 e. The van der Waals surface area contributed by atoms with E-state index in [0.717, 1.165) is 37.8 Å². The van der Waals surface area contributed by atoms with Crippen molar-refractivity contribution in [2.24, 2.45) is 11.7 Å². The van der Waals surface area contributed by atoms with Crippen molar-refractivity contribution in [3.8, 4) is 5.75 Å². The van der Waals surface area contributed by atoms with Crippen molar-refractivity contribution >= 4 is 46.0 Å².